The summed E-state index contributed by atoms with van der Waals surface area (Å²) in [6.45, 7) is 12.0. The van der Waals surface area contributed by atoms with Crippen LogP contribution in [0, 0.1) is 22.7 Å². The molecule has 3 nitrogen and oxygen atoms in total. The molecule has 0 aromatic heterocycles. The fourth-order valence-corrected chi connectivity index (χ4v) is 4.00. The van der Waals surface area contributed by atoms with Crippen molar-refractivity contribution < 1.29 is 9.84 Å². The second-order valence-electron chi connectivity index (χ2n) is 8.14. The van der Waals surface area contributed by atoms with Gasteiger partial charge in [-0.05, 0) is 42.9 Å². The average molecular weight is 285 g/mol. The normalized spacial score (nSPS) is 31.4. The van der Waals surface area contributed by atoms with E-state index in [9.17, 15) is 5.11 Å². The molecule has 1 unspecified atom stereocenters. The summed E-state index contributed by atoms with van der Waals surface area (Å²) in [5, 5.41) is 11.2. The van der Waals surface area contributed by atoms with Gasteiger partial charge in [0.2, 0.25) is 0 Å². The van der Waals surface area contributed by atoms with Gasteiger partial charge in [-0.1, -0.05) is 34.6 Å². The average Bonchev–Trinajstić information content (AvgIpc) is 2.37. The summed E-state index contributed by atoms with van der Waals surface area (Å²) in [5.41, 5.74) is 5.46. The molecular formula is C17H35NO2. The Balaban J connectivity index is 2.95. The molecule has 1 aliphatic carbocycles. The number of rotatable bonds is 5. The molecule has 0 radical (unpaired) electrons. The van der Waals surface area contributed by atoms with Crippen LogP contribution in [0.4, 0.5) is 0 Å². The van der Waals surface area contributed by atoms with Gasteiger partial charge in [0.05, 0.1) is 12.2 Å². The fraction of sp³-hybridized carbons (Fsp3) is 1.00. The maximum absolute atomic E-state index is 11.2. The molecule has 1 rings (SSSR count). The van der Waals surface area contributed by atoms with E-state index >= 15 is 0 Å². The van der Waals surface area contributed by atoms with Gasteiger partial charge < -0.3 is 15.6 Å². The van der Waals surface area contributed by atoms with Gasteiger partial charge in [0, 0.05) is 19.1 Å². The number of nitrogens with two attached hydrogens (primary N) is 1. The molecule has 0 spiro atoms. The van der Waals surface area contributed by atoms with E-state index in [1.807, 2.05) is 0 Å². The predicted molar refractivity (Wildman–Crippen MR) is 84.6 cm³/mol. The highest BCUT2D eigenvalue weighted by molar-refractivity contribution is 5.04. The smallest absolute Gasteiger partial charge is 0.0970 e. The van der Waals surface area contributed by atoms with Crippen LogP contribution in [0.2, 0.25) is 0 Å². The lowest BCUT2D eigenvalue weighted by Gasteiger charge is -2.53. The van der Waals surface area contributed by atoms with Crippen molar-refractivity contribution in [2.45, 2.75) is 65.9 Å². The van der Waals surface area contributed by atoms with Gasteiger partial charge in [0.15, 0.2) is 0 Å². The topological polar surface area (TPSA) is 55.5 Å². The Morgan fingerprint density at radius 1 is 1.25 bits per heavy atom. The minimum absolute atomic E-state index is 0.150. The molecule has 1 fully saturated rings. The van der Waals surface area contributed by atoms with Crippen molar-refractivity contribution in [2.75, 3.05) is 20.3 Å². The molecule has 0 aromatic rings. The van der Waals surface area contributed by atoms with Crippen molar-refractivity contribution in [1.82, 2.24) is 0 Å². The van der Waals surface area contributed by atoms with E-state index in [0.29, 0.717) is 18.6 Å². The fourth-order valence-electron chi connectivity index (χ4n) is 4.00. The molecule has 0 aliphatic heterocycles. The van der Waals surface area contributed by atoms with Crippen molar-refractivity contribution in [3.63, 3.8) is 0 Å². The van der Waals surface area contributed by atoms with Gasteiger partial charge in [-0.2, -0.15) is 0 Å². The van der Waals surface area contributed by atoms with Crippen LogP contribution in [-0.2, 0) is 4.74 Å². The molecule has 120 valence electrons. The molecule has 1 aliphatic rings. The lowest BCUT2D eigenvalue weighted by molar-refractivity contribution is -0.169. The number of aliphatic hydroxyl groups is 1. The number of ether oxygens (including phenoxy) is 1. The van der Waals surface area contributed by atoms with E-state index in [-0.39, 0.29) is 11.3 Å². The standard InChI is InChI=1S/C17H35NO2/c1-13(2)17(19,12-20-6)16(11-18)9-7-14(8-10-16)15(3,4)5/h13-14,19H,7-12,18H2,1-6H3. The molecule has 0 aromatic carbocycles. The third-order valence-corrected chi connectivity index (χ3v) is 5.80. The maximum Gasteiger partial charge on any atom is 0.0970 e. The highest BCUT2D eigenvalue weighted by Gasteiger charge is 2.53. The van der Waals surface area contributed by atoms with E-state index in [0.717, 1.165) is 31.6 Å². The first-order chi connectivity index (χ1) is 9.13. The van der Waals surface area contributed by atoms with E-state index in [2.05, 4.69) is 34.6 Å². The zero-order valence-corrected chi connectivity index (χ0v) is 14.3. The van der Waals surface area contributed by atoms with Crippen LogP contribution in [0.25, 0.3) is 0 Å². The summed E-state index contributed by atoms with van der Waals surface area (Å²) < 4.78 is 5.34. The maximum atomic E-state index is 11.2. The van der Waals surface area contributed by atoms with Gasteiger partial charge >= 0.3 is 0 Å². The largest absolute Gasteiger partial charge is 0.387 e. The molecule has 1 atom stereocenters. The minimum Gasteiger partial charge on any atom is -0.387 e. The molecule has 0 amide bonds. The summed E-state index contributed by atoms with van der Waals surface area (Å²) in [4.78, 5) is 0. The Hall–Kier alpha value is -0.120. The molecule has 1 saturated carbocycles. The van der Waals surface area contributed by atoms with Crippen LogP contribution >= 0.6 is 0 Å². The lowest BCUT2D eigenvalue weighted by atomic mass is 9.56. The first kappa shape index (κ1) is 17.9. The number of methoxy groups -OCH3 is 1. The van der Waals surface area contributed by atoms with E-state index in [1.165, 1.54) is 0 Å². The van der Waals surface area contributed by atoms with Crippen molar-refractivity contribution in [3.8, 4) is 0 Å². The predicted octanol–water partition coefficient (Wildman–Crippen LogP) is 3.20. The SMILES string of the molecule is COCC(O)(C(C)C)C1(CN)CCC(C(C)(C)C)CC1. The van der Waals surface area contributed by atoms with E-state index < -0.39 is 5.60 Å². The molecule has 3 heteroatoms. The molecule has 0 heterocycles. The van der Waals surface area contributed by atoms with Crippen LogP contribution < -0.4 is 5.73 Å². The van der Waals surface area contributed by atoms with Crippen LogP contribution in [0.5, 0.6) is 0 Å². The van der Waals surface area contributed by atoms with Gasteiger partial charge in [-0.3, -0.25) is 0 Å². The summed E-state index contributed by atoms with van der Waals surface area (Å²) >= 11 is 0. The van der Waals surface area contributed by atoms with Crippen LogP contribution in [-0.4, -0.2) is 31.0 Å². The second kappa shape index (κ2) is 6.33. The van der Waals surface area contributed by atoms with Crippen LogP contribution in [0.15, 0.2) is 0 Å². The zero-order chi connectivity index (χ0) is 15.6. The monoisotopic (exact) mass is 285 g/mol. The summed E-state index contributed by atoms with van der Waals surface area (Å²) in [7, 11) is 1.67. The zero-order valence-electron chi connectivity index (χ0n) is 14.3. The Kier molecular flexibility index (Phi) is 5.67. The minimum atomic E-state index is -0.820. The van der Waals surface area contributed by atoms with Gasteiger partial charge in [-0.25, -0.2) is 0 Å². The quantitative estimate of drug-likeness (QED) is 0.815. The third-order valence-electron chi connectivity index (χ3n) is 5.80. The Bertz CT molecular complexity index is 301. The third kappa shape index (κ3) is 3.20. The Morgan fingerprint density at radius 3 is 2.05 bits per heavy atom. The molecule has 20 heavy (non-hydrogen) atoms. The molecular weight excluding hydrogens is 250 g/mol. The highest BCUT2D eigenvalue weighted by atomic mass is 16.5. The highest BCUT2D eigenvalue weighted by Crippen LogP contribution is 2.52. The van der Waals surface area contributed by atoms with Crippen molar-refractivity contribution >= 4 is 0 Å². The molecule has 0 bridgehead atoms. The van der Waals surface area contributed by atoms with E-state index in [4.69, 9.17) is 10.5 Å². The van der Waals surface area contributed by atoms with Gasteiger partial charge in [0.1, 0.15) is 0 Å². The van der Waals surface area contributed by atoms with Crippen LogP contribution in [0.1, 0.15) is 60.3 Å². The van der Waals surface area contributed by atoms with Gasteiger partial charge in [0.25, 0.3) is 0 Å². The first-order valence-corrected chi connectivity index (χ1v) is 8.04. The first-order valence-electron chi connectivity index (χ1n) is 8.04. The van der Waals surface area contributed by atoms with Crippen molar-refractivity contribution in [1.29, 1.82) is 0 Å². The summed E-state index contributed by atoms with van der Waals surface area (Å²) in [6.07, 6.45) is 4.31. The lowest BCUT2D eigenvalue weighted by Crippen LogP contribution is -2.60. The Labute approximate surface area is 125 Å². The number of hydrogen-bond donors (Lipinski definition) is 2. The van der Waals surface area contributed by atoms with Crippen molar-refractivity contribution in [2.24, 2.45) is 28.4 Å². The molecule has 3 N–H and O–H groups in total. The summed E-state index contributed by atoms with van der Waals surface area (Å²) in [5.74, 6) is 0.873. The second-order valence-corrected chi connectivity index (χ2v) is 8.14. The molecule has 0 saturated heterocycles. The van der Waals surface area contributed by atoms with Crippen LogP contribution in [0.3, 0.4) is 0 Å². The summed E-state index contributed by atoms with van der Waals surface area (Å²) in [6, 6.07) is 0. The van der Waals surface area contributed by atoms with Gasteiger partial charge in [-0.15, -0.1) is 0 Å². The van der Waals surface area contributed by atoms with Crippen molar-refractivity contribution in [3.05, 3.63) is 0 Å². The Morgan fingerprint density at radius 2 is 1.75 bits per heavy atom. The number of hydrogen-bond acceptors (Lipinski definition) is 3. The van der Waals surface area contributed by atoms with E-state index in [1.54, 1.807) is 7.11 Å².